The van der Waals surface area contributed by atoms with Crippen LogP contribution in [0.2, 0.25) is 0 Å². The fourth-order valence-electron chi connectivity index (χ4n) is 1.99. The minimum atomic E-state index is 0.296. The van der Waals surface area contributed by atoms with Crippen LogP contribution in [0, 0.1) is 0 Å². The standard InChI is InChI=1S/C20H42O4S7/c21-1-7-25-13-17-30-19-15-28-11-5-23-3-9-27-10-4-24-6-12-29-16-20-31-18-14-26-8-2-22/h21-22H,1-20H2. The molecule has 0 amide bonds. The van der Waals surface area contributed by atoms with Crippen LogP contribution in [-0.2, 0) is 9.47 Å². The lowest BCUT2D eigenvalue weighted by Crippen LogP contribution is -2.05. The molecule has 11 heteroatoms. The molecule has 0 aliphatic rings. The van der Waals surface area contributed by atoms with Crippen LogP contribution in [0.25, 0.3) is 0 Å². The third-order valence-electron chi connectivity index (χ3n) is 3.45. The zero-order chi connectivity index (χ0) is 22.5. The van der Waals surface area contributed by atoms with Gasteiger partial charge in [-0.15, -0.1) is 0 Å². The normalized spacial score (nSPS) is 11.4. The molecule has 0 saturated carbocycles. The van der Waals surface area contributed by atoms with E-state index in [-0.39, 0.29) is 0 Å². The van der Waals surface area contributed by atoms with Crippen molar-refractivity contribution >= 4 is 82.3 Å². The number of aliphatic hydroxyl groups is 2. The molecule has 188 valence electrons. The Morgan fingerprint density at radius 3 is 0.839 bits per heavy atom. The first-order valence-electron chi connectivity index (χ1n) is 10.8. The highest BCUT2D eigenvalue weighted by Crippen LogP contribution is 2.11. The lowest BCUT2D eigenvalue weighted by Gasteiger charge is -2.06. The highest BCUT2D eigenvalue weighted by Gasteiger charge is 1.96. The minimum Gasteiger partial charge on any atom is -0.396 e. The van der Waals surface area contributed by atoms with Crippen molar-refractivity contribution in [3.63, 3.8) is 0 Å². The van der Waals surface area contributed by atoms with Crippen molar-refractivity contribution in [2.45, 2.75) is 0 Å². The van der Waals surface area contributed by atoms with Gasteiger partial charge in [0, 0.05) is 80.5 Å². The first-order chi connectivity index (χ1) is 15.4. The van der Waals surface area contributed by atoms with E-state index in [4.69, 9.17) is 19.7 Å². The van der Waals surface area contributed by atoms with Gasteiger partial charge >= 0.3 is 0 Å². The smallest absolute Gasteiger partial charge is 0.0557 e. The lowest BCUT2D eigenvalue weighted by atomic mass is 10.8. The van der Waals surface area contributed by atoms with Crippen molar-refractivity contribution in [1.29, 1.82) is 0 Å². The van der Waals surface area contributed by atoms with E-state index in [1.54, 1.807) is 0 Å². The van der Waals surface area contributed by atoms with Gasteiger partial charge in [-0.1, -0.05) is 0 Å². The Morgan fingerprint density at radius 1 is 0.323 bits per heavy atom. The molecular weight excluding hydrogens is 529 g/mol. The van der Waals surface area contributed by atoms with Crippen LogP contribution < -0.4 is 0 Å². The SMILES string of the molecule is OCCSCCSCCSCCOCCSCCOCCSCCSCCSCCO. The van der Waals surface area contributed by atoms with E-state index in [1.165, 1.54) is 34.5 Å². The fourth-order valence-corrected chi connectivity index (χ4v) is 8.39. The monoisotopic (exact) mass is 570 g/mol. The minimum absolute atomic E-state index is 0.296. The summed E-state index contributed by atoms with van der Waals surface area (Å²) in [5.41, 5.74) is 0. The number of thioether (sulfide) groups is 7. The van der Waals surface area contributed by atoms with Gasteiger partial charge in [0.15, 0.2) is 0 Å². The molecule has 0 bridgehead atoms. The topological polar surface area (TPSA) is 58.9 Å². The molecule has 0 radical (unpaired) electrons. The van der Waals surface area contributed by atoms with E-state index in [0.717, 1.165) is 72.5 Å². The predicted molar refractivity (Wildman–Crippen MR) is 157 cm³/mol. The van der Waals surface area contributed by atoms with Gasteiger partial charge in [-0.25, -0.2) is 0 Å². The molecule has 0 unspecified atom stereocenters. The van der Waals surface area contributed by atoms with Crippen LogP contribution in [-0.4, -0.2) is 130 Å². The number of rotatable bonds is 28. The largest absolute Gasteiger partial charge is 0.396 e. The van der Waals surface area contributed by atoms with Crippen molar-refractivity contribution in [3.8, 4) is 0 Å². The molecule has 0 aliphatic carbocycles. The van der Waals surface area contributed by atoms with Crippen LogP contribution in [0.4, 0.5) is 0 Å². The molecule has 0 aromatic rings. The quantitative estimate of drug-likeness (QED) is 0.134. The fraction of sp³-hybridized carbons (Fsp3) is 1.00. The third-order valence-corrected chi connectivity index (χ3v) is 11.2. The number of aliphatic hydroxyl groups excluding tert-OH is 2. The van der Waals surface area contributed by atoms with Gasteiger partial charge in [0.25, 0.3) is 0 Å². The van der Waals surface area contributed by atoms with Crippen molar-refractivity contribution in [1.82, 2.24) is 0 Å². The molecule has 0 aromatic heterocycles. The summed E-state index contributed by atoms with van der Waals surface area (Å²) in [6.07, 6.45) is 0. The maximum absolute atomic E-state index is 8.70. The second-order valence-electron chi connectivity index (χ2n) is 5.96. The molecule has 0 heterocycles. The van der Waals surface area contributed by atoms with E-state index in [2.05, 4.69) is 0 Å². The van der Waals surface area contributed by atoms with Crippen LogP contribution in [0.3, 0.4) is 0 Å². The van der Waals surface area contributed by atoms with Crippen molar-refractivity contribution in [3.05, 3.63) is 0 Å². The summed E-state index contributed by atoms with van der Waals surface area (Å²) in [6, 6.07) is 0. The first kappa shape index (κ1) is 33.3. The maximum Gasteiger partial charge on any atom is 0.0557 e. The summed E-state index contributed by atoms with van der Waals surface area (Å²) in [5, 5.41) is 17.4. The Morgan fingerprint density at radius 2 is 0.548 bits per heavy atom. The Hall–Kier alpha value is 2.29. The molecule has 4 nitrogen and oxygen atoms in total. The lowest BCUT2D eigenvalue weighted by molar-refractivity contribution is 0.164. The van der Waals surface area contributed by atoms with Gasteiger partial charge in [-0.2, -0.15) is 82.3 Å². The summed E-state index contributed by atoms with van der Waals surface area (Å²) in [6.45, 7) is 3.99. The number of ether oxygens (including phenoxy) is 2. The summed E-state index contributed by atoms with van der Waals surface area (Å²) in [4.78, 5) is 0. The molecule has 0 aliphatic heterocycles. The Bertz CT molecular complexity index is 293. The highest BCUT2D eigenvalue weighted by atomic mass is 32.2. The van der Waals surface area contributed by atoms with Gasteiger partial charge in [-0.3, -0.25) is 0 Å². The van der Waals surface area contributed by atoms with Gasteiger partial charge in [0.1, 0.15) is 0 Å². The Labute approximate surface area is 220 Å². The van der Waals surface area contributed by atoms with E-state index in [1.807, 2.05) is 82.3 Å². The van der Waals surface area contributed by atoms with Gasteiger partial charge in [0.2, 0.25) is 0 Å². The molecule has 31 heavy (non-hydrogen) atoms. The van der Waals surface area contributed by atoms with Crippen molar-refractivity contribution < 1.29 is 19.7 Å². The van der Waals surface area contributed by atoms with Crippen LogP contribution in [0.5, 0.6) is 0 Å². The molecule has 0 saturated heterocycles. The van der Waals surface area contributed by atoms with Crippen molar-refractivity contribution in [2.24, 2.45) is 0 Å². The van der Waals surface area contributed by atoms with Crippen molar-refractivity contribution in [2.75, 3.05) is 120 Å². The molecular formula is C20H42O4S7. The third kappa shape index (κ3) is 32.3. The predicted octanol–water partition coefficient (Wildman–Crippen LogP) is 4.14. The van der Waals surface area contributed by atoms with Gasteiger partial charge < -0.3 is 19.7 Å². The Kier molecular flexibility index (Phi) is 34.7. The summed E-state index contributed by atoms with van der Waals surface area (Å²) in [7, 11) is 0. The highest BCUT2D eigenvalue weighted by molar-refractivity contribution is 8.05. The van der Waals surface area contributed by atoms with Gasteiger partial charge in [0.05, 0.1) is 39.6 Å². The van der Waals surface area contributed by atoms with E-state index in [9.17, 15) is 0 Å². The van der Waals surface area contributed by atoms with Crippen LogP contribution >= 0.6 is 82.3 Å². The van der Waals surface area contributed by atoms with E-state index < -0.39 is 0 Å². The summed E-state index contributed by atoms with van der Waals surface area (Å²) in [5.74, 6) is 15.5. The number of hydrogen-bond donors (Lipinski definition) is 2. The second-order valence-corrected chi connectivity index (χ2v) is 14.5. The zero-order valence-corrected chi connectivity index (χ0v) is 24.4. The molecule has 0 aromatic carbocycles. The van der Waals surface area contributed by atoms with Crippen LogP contribution in [0.1, 0.15) is 0 Å². The molecule has 0 fully saturated rings. The average molecular weight is 571 g/mol. The van der Waals surface area contributed by atoms with E-state index in [0.29, 0.717) is 13.2 Å². The van der Waals surface area contributed by atoms with E-state index >= 15 is 0 Å². The average Bonchev–Trinajstić information content (AvgIpc) is 2.78. The zero-order valence-electron chi connectivity index (χ0n) is 18.7. The number of hydrogen-bond acceptors (Lipinski definition) is 11. The molecule has 2 N–H and O–H groups in total. The first-order valence-corrected chi connectivity index (χ1v) is 18.9. The molecule has 0 atom stereocenters. The van der Waals surface area contributed by atoms with Gasteiger partial charge in [-0.05, 0) is 0 Å². The maximum atomic E-state index is 8.70. The molecule has 0 spiro atoms. The summed E-state index contributed by atoms with van der Waals surface area (Å²) >= 11 is 13.5. The molecule has 0 rings (SSSR count). The summed E-state index contributed by atoms with van der Waals surface area (Å²) < 4.78 is 11.4. The van der Waals surface area contributed by atoms with Crippen LogP contribution in [0.15, 0.2) is 0 Å². The Balaban J connectivity index is 2.98. The second kappa shape index (κ2) is 32.3.